The molecule has 0 saturated heterocycles. The van der Waals surface area contributed by atoms with Gasteiger partial charge in [0.25, 0.3) is 5.91 Å². The van der Waals surface area contributed by atoms with E-state index in [-0.39, 0.29) is 18.4 Å². The Balaban J connectivity index is 1.53. The zero-order valence-electron chi connectivity index (χ0n) is 17.3. The summed E-state index contributed by atoms with van der Waals surface area (Å²) in [6.07, 6.45) is 1.28. The molecule has 0 aliphatic rings. The van der Waals surface area contributed by atoms with Crippen LogP contribution in [0.3, 0.4) is 0 Å². The third-order valence-electron chi connectivity index (χ3n) is 4.97. The first kappa shape index (κ1) is 21.3. The summed E-state index contributed by atoms with van der Waals surface area (Å²) in [7, 11) is 0. The van der Waals surface area contributed by atoms with E-state index in [1.807, 2.05) is 43.3 Å². The van der Waals surface area contributed by atoms with Crippen molar-refractivity contribution in [1.29, 1.82) is 0 Å². The summed E-state index contributed by atoms with van der Waals surface area (Å²) in [5.41, 5.74) is 3.23. The minimum atomic E-state index is -0.591. The summed E-state index contributed by atoms with van der Waals surface area (Å²) in [6, 6.07) is 20.4. The van der Waals surface area contributed by atoms with Crippen LogP contribution in [-0.2, 0) is 16.0 Å². The van der Waals surface area contributed by atoms with Crippen molar-refractivity contribution in [3.63, 3.8) is 0 Å². The van der Waals surface area contributed by atoms with Gasteiger partial charge in [0.2, 0.25) is 0 Å². The van der Waals surface area contributed by atoms with Gasteiger partial charge in [0.05, 0.1) is 5.69 Å². The predicted molar refractivity (Wildman–Crippen MR) is 113 cm³/mol. The molecule has 0 atom stereocenters. The lowest BCUT2D eigenvalue weighted by atomic mass is 9.88. The molecule has 0 fully saturated rings. The highest BCUT2D eigenvalue weighted by atomic mass is 16.5. The number of hydrogen-bond donors (Lipinski definition) is 1. The van der Waals surface area contributed by atoms with Gasteiger partial charge >= 0.3 is 5.97 Å². The molecule has 6 heteroatoms. The van der Waals surface area contributed by atoms with Gasteiger partial charge in [-0.25, -0.2) is 4.79 Å². The first-order chi connectivity index (χ1) is 14.6. The summed E-state index contributed by atoms with van der Waals surface area (Å²) >= 11 is 0. The molecule has 0 radical (unpaired) electrons. The lowest BCUT2D eigenvalue weighted by molar-refractivity contribution is -0.124. The van der Waals surface area contributed by atoms with E-state index in [0.29, 0.717) is 30.0 Å². The molecular formula is C24H26N2O4. The Bertz CT molecular complexity index is 928. The van der Waals surface area contributed by atoms with Crippen molar-refractivity contribution in [1.82, 2.24) is 10.5 Å². The Hall–Kier alpha value is -3.41. The average molecular weight is 406 g/mol. The molecule has 3 aromatic rings. The molecule has 6 nitrogen and oxygen atoms in total. The van der Waals surface area contributed by atoms with Crippen LogP contribution in [0.2, 0.25) is 0 Å². The maximum absolute atomic E-state index is 12.3. The highest BCUT2D eigenvalue weighted by molar-refractivity contribution is 5.93. The molecule has 0 unspecified atom stereocenters. The molecule has 156 valence electrons. The van der Waals surface area contributed by atoms with Gasteiger partial charge in [0.15, 0.2) is 6.61 Å². The smallest absolute Gasteiger partial charge is 0.344 e. The summed E-state index contributed by atoms with van der Waals surface area (Å²) in [4.78, 5) is 24.4. The minimum absolute atomic E-state index is 0.169. The van der Waals surface area contributed by atoms with Gasteiger partial charge in [-0.3, -0.25) is 4.79 Å². The van der Waals surface area contributed by atoms with Gasteiger partial charge in [-0.2, -0.15) is 0 Å². The number of aryl methyl sites for hydroxylation is 2. The highest BCUT2D eigenvalue weighted by Gasteiger charge is 2.21. The van der Waals surface area contributed by atoms with Crippen molar-refractivity contribution in [2.24, 2.45) is 0 Å². The number of nitrogens with zero attached hydrogens (tertiary/aromatic N) is 1. The van der Waals surface area contributed by atoms with Crippen molar-refractivity contribution < 1.29 is 18.8 Å². The summed E-state index contributed by atoms with van der Waals surface area (Å²) in [5.74, 6) is -0.365. The lowest BCUT2D eigenvalue weighted by Crippen LogP contribution is -2.30. The Labute approximate surface area is 176 Å². The van der Waals surface area contributed by atoms with Gasteiger partial charge in [-0.15, -0.1) is 0 Å². The number of ether oxygens (including phenoxy) is 1. The topological polar surface area (TPSA) is 81.4 Å². The molecule has 0 bridgehead atoms. The number of carbonyl (C=O) groups is 2. The first-order valence-corrected chi connectivity index (χ1v) is 10.1. The quantitative estimate of drug-likeness (QED) is 0.543. The van der Waals surface area contributed by atoms with Gasteiger partial charge < -0.3 is 14.6 Å². The van der Waals surface area contributed by atoms with Gasteiger partial charge in [-0.1, -0.05) is 72.7 Å². The Morgan fingerprint density at radius 2 is 1.63 bits per heavy atom. The predicted octanol–water partition coefficient (Wildman–Crippen LogP) is 4.04. The van der Waals surface area contributed by atoms with Crippen LogP contribution in [-0.4, -0.2) is 30.2 Å². The number of esters is 1. The number of aromatic nitrogens is 1. The maximum Gasteiger partial charge on any atom is 0.344 e. The second-order valence-corrected chi connectivity index (χ2v) is 7.00. The SMILES string of the molecule is CCc1noc(C)c1C(=O)OCC(=O)NCCC(c1ccccc1)c1ccccc1. The fourth-order valence-electron chi connectivity index (χ4n) is 3.43. The van der Waals surface area contributed by atoms with Crippen molar-refractivity contribution in [2.75, 3.05) is 13.2 Å². The Kier molecular flexibility index (Phi) is 7.38. The van der Waals surface area contributed by atoms with Crippen LogP contribution < -0.4 is 5.32 Å². The van der Waals surface area contributed by atoms with E-state index in [1.54, 1.807) is 6.92 Å². The second-order valence-electron chi connectivity index (χ2n) is 7.00. The second kappa shape index (κ2) is 10.4. The molecule has 1 N–H and O–H groups in total. The van der Waals surface area contributed by atoms with Crippen LogP contribution in [0.4, 0.5) is 0 Å². The van der Waals surface area contributed by atoms with Crippen LogP contribution in [0, 0.1) is 6.92 Å². The van der Waals surface area contributed by atoms with E-state index in [2.05, 4.69) is 34.7 Å². The van der Waals surface area contributed by atoms with E-state index in [1.165, 1.54) is 11.1 Å². The summed E-state index contributed by atoms with van der Waals surface area (Å²) in [5, 5.41) is 6.67. The van der Waals surface area contributed by atoms with E-state index >= 15 is 0 Å². The summed E-state index contributed by atoms with van der Waals surface area (Å²) in [6.45, 7) is 3.65. The van der Waals surface area contributed by atoms with Gasteiger partial charge in [0, 0.05) is 12.5 Å². The Morgan fingerprint density at radius 1 is 1.03 bits per heavy atom. The van der Waals surface area contributed by atoms with Gasteiger partial charge in [0.1, 0.15) is 11.3 Å². The standard InChI is InChI=1S/C24H26N2O4/c1-3-21-23(17(2)30-26-21)24(28)29-16-22(27)25-15-14-20(18-10-6-4-7-11-18)19-12-8-5-9-13-19/h4-13,20H,3,14-16H2,1-2H3,(H,25,27). The van der Waals surface area contributed by atoms with E-state index < -0.39 is 5.97 Å². The average Bonchev–Trinajstić information content (AvgIpc) is 3.17. The van der Waals surface area contributed by atoms with Crippen molar-refractivity contribution in [3.8, 4) is 0 Å². The minimum Gasteiger partial charge on any atom is -0.452 e. The zero-order chi connectivity index (χ0) is 21.3. The monoisotopic (exact) mass is 406 g/mol. The van der Waals surface area contributed by atoms with Crippen molar-refractivity contribution >= 4 is 11.9 Å². The maximum atomic E-state index is 12.3. The highest BCUT2D eigenvalue weighted by Crippen LogP contribution is 2.27. The molecule has 2 aromatic carbocycles. The molecule has 3 rings (SSSR count). The molecule has 0 aliphatic carbocycles. The normalized spacial score (nSPS) is 10.8. The molecular weight excluding hydrogens is 380 g/mol. The molecule has 1 aromatic heterocycles. The van der Waals surface area contributed by atoms with E-state index in [0.717, 1.165) is 6.42 Å². The number of benzene rings is 2. The van der Waals surface area contributed by atoms with E-state index in [9.17, 15) is 9.59 Å². The number of amides is 1. The molecule has 0 spiro atoms. The van der Waals surface area contributed by atoms with Crippen LogP contribution in [0.5, 0.6) is 0 Å². The Morgan fingerprint density at radius 3 is 2.20 bits per heavy atom. The fourth-order valence-corrected chi connectivity index (χ4v) is 3.43. The number of hydrogen-bond acceptors (Lipinski definition) is 5. The molecule has 1 heterocycles. The first-order valence-electron chi connectivity index (χ1n) is 10.1. The molecule has 30 heavy (non-hydrogen) atoms. The van der Waals surface area contributed by atoms with Crippen LogP contribution in [0.15, 0.2) is 65.2 Å². The van der Waals surface area contributed by atoms with Crippen LogP contribution in [0.1, 0.15) is 52.2 Å². The number of rotatable bonds is 9. The largest absolute Gasteiger partial charge is 0.452 e. The molecule has 1 amide bonds. The molecule has 0 saturated carbocycles. The number of nitrogens with one attached hydrogen (secondary N) is 1. The molecule has 0 aliphatic heterocycles. The van der Waals surface area contributed by atoms with Crippen LogP contribution in [0.25, 0.3) is 0 Å². The third kappa shape index (κ3) is 5.35. The van der Waals surface area contributed by atoms with Crippen molar-refractivity contribution in [2.45, 2.75) is 32.6 Å². The number of carbonyl (C=O) groups excluding carboxylic acids is 2. The lowest BCUT2D eigenvalue weighted by Gasteiger charge is -2.18. The zero-order valence-corrected chi connectivity index (χ0v) is 17.3. The summed E-state index contributed by atoms with van der Waals surface area (Å²) < 4.78 is 10.2. The third-order valence-corrected chi connectivity index (χ3v) is 4.97. The van der Waals surface area contributed by atoms with Crippen LogP contribution >= 0.6 is 0 Å². The van der Waals surface area contributed by atoms with Gasteiger partial charge in [-0.05, 0) is 30.9 Å². The van der Waals surface area contributed by atoms with E-state index in [4.69, 9.17) is 9.26 Å². The van der Waals surface area contributed by atoms with Crippen molar-refractivity contribution in [3.05, 3.63) is 88.8 Å². The fraction of sp³-hybridized carbons (Fsp3) is 0.292.